The van der Waals surface area contributed by atoms with E-state index in [0.29, 0.717) is 23.8 Å². The fourth-order valence-electron chi connectivity index (χ4n) is 2.42. The van der Waals surface area contributed by atoms with Crippen molar-refractivity contribution in [3.63, 3.8) is 0 Å². The molecule has 0 radical (unpaired) electrons. The third-order valence-electron chi connectivity index (χ3n) is 3.50. The van der Waals surface area contributed by atoms with Crippen molar-refractivity contribution in [3.05, 3.63) is 41.2 Å². The highest BCUT2D eigenvalue weighted by molar-refractivity contribution is 6.32. The van der Waals surface area contributed by atoms with E-state index in [2.05, 4.69) is 10.3 Å². The van der Waals surface area contributed by atoms with E-state index in [4.69, 9.17) is 11.6 Å². The molecule has 1 aliphatic rings. The zero-order valence-corrected chi connectivity index (χ0v) is 12.1. The SMILES string of the molecule is O=C(c1cn(-c2ccccc2Cl)nn1)N1CCCC(O)C1. The molecule has 1 aliphatic heterocycles. The number of carbonyl (C=O) groups excluding carboxylic acids is 1. The summed E-state index contributed by atoms with van der Waals surface area (Å²) in [5.74, 6) is -0.216. The number of β-amino-alcohol motifs (C(OH)–C–C–N with tert-alkyl or cyclic N) is 1. The van der Waals surface area contributed by atoms with Crippen LogP contribution in [0.4, 0.5) is 0 Å². The van der Waals surface area contributed by atoms with Crippen molar-refractivity contribution >= 4 is 17.5 Å². The number of nitrogens with zero attached hydrogens (tertiary/aromatic N) is 4. The number of benzene rings is 1. The number of carbonyl (C=O) groups is 1. The van der Waals surface area contributed by atoms with Gasteiger partial charge in [0.1, 0.15) is 0 Å². The number of amides is 1. The van der Waals surface area contributed by atoms with Gasteiger partial charge in [0.2, 0.25) is 0 Å². The predicted molar refractivity (Wildman–Crippen MR) is 77.5 cm³/mol. The molecule has 0 spiro atoms. The Morgan fingerprint density at radius 3 is 2.95 bits per heavy atom. The van der Waals surface area contributed by atoms with Gasteiger partial charge in [-0.2, -0.15) is 0 Å². The molecule has 3 rings (SSSR count). The number of hydrogen-bond donors (Lipinski definition) is 1. The Morgan fingerprint density at radius 2 is 2.19 bits per heavy atom. The van der Waals surface area contributed by atoms with Crippen LogP contribution in [0.2, 0.25) is 5.02 Å². The molecule has 1 aromatic carbocycles. The summed E-state index contributed by atoms with van der Waals surface area (Å²) in [6.45, 7) is 0.979. The van der Waals surface area contributed by atoms with Crippen LogP contribution in [0.1, 0.15) is 23.3 Å². The van der Waals surface area contributed by atoms with Crippen molar-refractivity contribution in [2.75, 3.05) is 13.1 Å². The van der Waals surface area contributed by atoms with Gasteiger partial charge in [0, 0.05) is 13.1 Å². The summed E-state index contributed by atoms with van der Waals surface area (Å²) in [6, 6.07) is 7.21. The third kappa shape index (κ3) is 2.91. The molecule has 6 nitrogen and oxygen atoms in total. The van der Waals surface area contributed by atoms with E-state index in [1.807, 2.05) is 12.1 Å². The van der Waals surface area contributed by atoms with E-state index in [-0.39, 0.29) is 11.6 Å². The Labute approximate surface area is 126 Å². The van der Waals surface area contributed by atoms with Crippen molar-refractivity contribution in [1.29, 1.82) is 0 Å². The fourth-order valence-corrected chi connectivity index (χ4v) is 2.64. The third-order valence-corrected chi connectivity index (χ3v) is 3.82. The minimum Gasteiger partial charge on any atom is -0.391 e. The van der Waals surface area contributed by atoms with Gasteiger partial charge in [0.15, 0.2) is 5.69 Å². The minimum absolute atomic E-state index is 0.216. The number of hydrogen-bond acceptors (Lipinski definition) is 4. The second kappa shape index (κ2) is 5.83. The lowest BCUT2D eigenvalue weighted by Crippen LogP contribution is -2.42. The number of halogens is 1. The molecule has 21 heavy (non-hydrogen) atoms. The maximum atomic E-state index is 12.3. The van der Waals surface area contributed by atoms with E-state index < -0.39 is 6.10 Å². The summed E-state index contributed by atoms with van der Waals surface area (Å²) < 4.78 is 1.48. The topological polar surface area (TPSA) is 71.2 Å². The summed E-state index contributed by atoms with van der Waals surface area (Å²) in [7, 11) is 0. The first-order valence-electron chi connectivity index (χ1n) is 6.80. The highest BCUT2D eigenvalue weighted by Gasteiger charge is 2.25. The van der Waals surface area contributed by atoms with Crippen LogP contribution in [0.5, 0.6) is 0 Å². The zero-order valence-electron chi connectivity index (χ0n) is 11.3. The second-order valence-electron chi connectivity index (χ2n) is 5.05. The van der Waals surface area contributed by atoms with E-state index in [1.54, 1.807) is 23.2 Å². The molecule has 110 valence electrons. The molecule has 0 bridgehead atoms. The summed E-state index contributed by atoms with van der Waals surface area (Å²) in [6.07, 6.45) is 2.63. The average molecular weight is 307 g/mol. The molecule has 1 unspecified atom stereocenters. The van der Waals surface area contributed by atoms with Gasteiger partial charge in [-0.25, -0.2) is 4.68 Å². The Kier molecular flexibility index (Phi) is 3.90. The summed E-state index contributed by atoms with van der Waals surface area (Å²) >= 11 is 6.10. The van der Waals surface area contributed by atoms with E-state index in [9.17, 15) is 9.90 Å². The fraction of sp³-hybridized carbons (Fsp3) is 0.357. The van der Waals surface area contributed by atoms with Crippen molar-refractivity contribution < 1.29 is 9.90 Å². The normalized spacial score (nSPS) is 18.8. The first kappa shape index (κ1) is 14.0. The van der Waals surface area contributed by atoms with Gasteiger partial charge in [-0.05, 0) is 25.0 Å². The average Bonchev–Trinajstić information content (AvgIpc) is 2.96. The quantitative estimate of drug-likeness (QED) is 0.913. The van der Waals surface area contributed by atoms with Crippen LogP contribution >= 0.6 is 11.6 Å². The molecule has 7 heteroatoms. The van der Waals surface area contributed by atoms with Gasteiger partial charge in [-0.1, -0.05) is 28.9 Å². The molecule has 1 saturated heterocycles. The number of rotatable bonds is 2. The number of aliphatic hydroxyl groups is 1. The molecule has 1 fully saturated rings. The summed E-state index contributed by atoms with van der Waals surface area (Å²) in [5.41, 5.74) is 0.924. The highest BCUT2D eigenvalue weighted by Crippen LogP contribution is 2.19. The number of aromatic nitrogens is 3. The van der Waals surface area contributed by atoms with E-state index in [0.717, 1.165) is 12.8 Å². The Bertz CT molecular complexity index is 658. The van der Waals surface area contributed by atoms with Gasteiger partial charge in [-0.3, -0.25) is 4.79 Å². The number of piperidine rings is 1. The lowest BCUT2D eigenvalue weighted by atomic mass is 10.1. The van der Waals surface area contributed by atoms with Crippen molar-refractivity contribution in [2.45, 2.75) is 18.9 Å². The van der Waals surface area contributed by atoms with Gasteiger partial charge >= 0.3 is 0 Å². The standard InChI is InChI=1S/C14H15ClN4O2/c15-11-5-1-2-6-13(11)19-9-12(16-17-19)14(21)18-7-3-4-10(20)8-18/h1-2,5-6,9-10,20H,3-4,7-8H2. The Hall–Kier alpha value is -1.92. The molecule has 1 atom stereocenters. The molecule has 2 aromatic rings. The minimum atomic E-state index is -0.457. The number of likely N-dealkylation sites (tertiary alicyclic amines) is 1. The van der Waals surface area contributed by atoms with Crippen molar-refractivity contribution in [2.24, 2.45) is 0 Å². The molecule has 0 saturated carbocycles. The van der Waals surface area contributed by atoms with Gasteiger partial charge < -0.3 is 10.0 Å². The van der Waals surface area contributed by atoms with E-state index >= 15 is 0 Å². The highest BCUT2D eigenvalue weighted by atomic mass is 35.5. The van der Waals surface area contributed by atoms with Gasteiger partial charge in [-0.15, -0.1) is 5.10 Å². The largest absolute Gasteiger partial charge is 0.391 e. The smallest absolute Gasteiger partial charge is 0.276 e. The van der Waals surface area contributed by atoms with Crippen LogP contribution in [0.15, 0.2) is 30.5 Å². The summed E-state index contributed by atoms with van der Waals surface area (Å²) in [5, 5.41) is 18.0. The van der Waals surface area contributed by atoms with Crippen LogP contribution in [0.25, 0.3) is 5.69 Å². The predicted octanol–water partition coefficient (Wildman–Crippen LogP) is 1.52. The van der Waals surface area contributed by atoms with Crippen LogP contribution in [0, 0.1) is 0 Å². The van der Waals surface area contributed by atoms with Crippen LogP contribution in [-0.4, -0.2) is 50.1 Å². The molecule has 1 N–H and O–H groups in total. The lowest BCUT2D eigenvalue weighted by Gasteiger charge is -2.29. The van der Waals surface area contributed by atoms with Crippen LogP contribution in [-0.2, 0) is 0 Å². The van der Waals surface area contributed by atoms with Crippen molar-refractivity contribution in [1.82, 2.24) is 19.9 Å². The molecule has 2 heterocycles. The van der Waals surface area contributed by atoms with Gasteiger partial charge in [0.25, 0.3) is 5.91 Å². The van der Waals surface area contributed by atoms with Crippen molar-refractivity contribution in [3.8, 4) is 5.69 Å². The first-order valence-corrected chi connectivity index (χ1v) is 7.17. The number of aliphatic hydroxyl groups excluding tert-OH is 1. The second-order valence-corrected chi connectivity index (χ2v) is 5.45. The van der Waals surface area contributed by atoms with Crippen LogP contribution in [0.3, 0.4) is 0 Å². The summed E-state index contributed by atoms with van der Waals surface area (Å²) in [4.78, 5) is 13.9. The van der Waals surface area contributed by atoms with Gasteiger partial charge in [0.05, 0.1) is 23.0 Å². The molecular formula is C14H15ClN4O2. The monoisotopic (exact) mass is 306 g/mol. The number of para-hydroxylation sites is 1. The molecular weight excluding hydrogens is 292 g/mol. The van der Waals surface area contributed by atoms with E-state index in [1.165, 1.54) is 4.68 Å². The Balaban J connectivity index is 1.82. The maximum absolute atomic E-state index is 12.3. The van der Waals surface area contributed by atoms with Crippen LogP contribution < -0.4 is 0 Å². The molecule has 1 amide bonds. The molecule has 0 aliphatic carbocycles. The first-order chi connectivity index (χ1) is 10.1. The lowest BCUT2D eigenvalue weighted by molar-refractivity contribution is 0.0469. The zero-order chi connectivity index (χ0) is 14.8. The maximum Gasteiger partial charge on any atom is 0.276 e. The molecule has 1 aromatic heterocycles. The Morgan fingerprint density at radius 1 is 1.38 bits per heavy atom.